The van der Waals surface area contributed by atoms with Crippen LogP contribution in [-0.4, -0.2) is 42.6 Å². The Morgan fingerprint density at radius 2 is 1.96 bits per heavy atom. The van der Waals surface area contributed by atoms with Crippen LogP contribution in [0.15, 0.2) is 40.6 Å². The van der Waals surface area contributed by atoms with Crippen molar-refractivity contribution >= 4 is 46.6 Å². The highest BCUT2D eigenvalue weighted by atomic mass is 32.1. The van der Waals surface area contributed by atoms with Gasteiger partial charge < -0.3 is 9.47 Å². The number of nitrogens with zero attached hydrogens (tertiary/aromatic N) is 1. The minimum atomic E-state index is -0.474. The summed E-state index contributed by atoms with van der Waals surface area (Å²) < 4.78 is 10.5. The summed E-state index contributed by atoms with van der Waals surface area (Å²) in [5.41, 5.74) is 1.85. The van der Waals surface area contributed by atoms with Crippen molar-refractivity contribution in [2.45, 2.75) is 6.42 Å². The molecular formula is C19H18N2O4S2. The van der Waals surface area contributed by atoms with E-state index >= 15 is 0 Å². The van der Waals surface area contributed by atoms with E-state index in [9.17, 15) is 9.59 Å². The second-order valence-electron chi connectivity index (χ2n) is 5.77. The highest BCUT2D eigenvalue weighted by Crippen LogP contribution is 2.28. The van der Waals surface area contributed by atoms with E-state index in [0.717, 1.165) is 11.1 Å². The van der Waals surface area contributed by atoms with E-state index in [1.165, 1.54) is 16.2 Å². The zero-order valence-electron chi connectivity index (χ0n) is 14.9. The van der Waals surface area contributed by atoms with Crippen LogP contribution in [0.4, 0.5) is 0 Å². The highest BCUT2D eigenvalue weighted by Gasteiger charge is 2.33. The summed E-state index contributed by atoms with van der Waals surface area (Å²) in [5.74, 6) is 0.391. The molecule has 1 saturated heterocycles. The number of methoxy groups -OCH3 is 2. The van der Waals surface area contributed by atoms with Crippen molar-refractivity contribution in [2.24, 2.45) is 0 Å². The van der Waals surface area contributed by atoms with Crippen molar-refractivity contribution in [1.82, 2.24) is 10.2 Å². The van der Waals surface area contributed by atoms with Gasteiger partial charge in [0.1, 0.15) is 5.57 Å². The molecule has 2 heterocycles. The first-order chi connectivity index (χ1) is 13.0. The maximum absolute atomic E-state index is 12.8. The van der Waals surface area contributed by atoms with E-state index in [-0.39, 0.29) is 10.7 Å². The van der Waals surface area contributed by atoms with Gasteiger partial charge in [0.15, 0.2) is 16.6 Å². The average Bonchev–Trinajstić information content (AvgIpc) is 3.18. The van der Waals surface area contributed by atoms with Gasteiger partial charge in [-0.1, -0.05) is 6.07 Å². The number of nitrogens with one attached hydrogen (secondary N) is 1. The van der Waals surface area contributed by atoms with Gasteiger partial charge in [-0.25, -0.2) is 0 Å². The van der Waals surface area contributed by atoms with Crippen LogP contribution in [0.2, 0.25) is 0 Å². The lowest BCUT2D eigenvalue weighted by Crippen LogP contribution is -2.54. The smallest absolute Gasteiger partial charge is 0.265 e. The van der Waals surface area contributed by atoms with Crippen molar-refractivity contribution in [2.75, 3.05) is 20.8 Å². The van der Waals surface area contributed by atoms with Crippen LogP contribution in [0.3, 0.4) is 0 Å². The molecule has 140 valence electrons. The number of thiocarbonyl (C=S) groups is 1. The van der Waals surface area contributed by atoms with Gasteiger partial charge >= 0.3 is 0 Å². The third kappa shape index (κ3) is 4.17. The summed E-state index contributed by atoms with van der Waals surface area (Å²) in [4.78, 5) is 26.4. The fourth-order valence-corrected chi connectivity index (χ4v) is 3.58. The number of hydrogen-bond acceptors (Lipinski definition) is 6. The Labute approximate surface area is 166 Å². The fourth-order valence-electron chi connectivity index (χ4n) is 2.70. The number of thiophene rings is 1. The first kappa shape index (κ1) is 19.1. The Kier molecular flexibility index (Phi) is 5.88. The van der Waals surface area contributed by atoms with Gasteiger partial charge in [0, 0.05) is 6.54 Å². The molecule has 1 aromatic heterocycles. The molecule has 8 heteroatoms. The van der Waals surface area contributed by atoms with Gasteiger partial charge in [0.2, 0.25) is 0 Å². The van der Waals surface area contributed by atoms with Gasteiger partial charge in [-0.05, 0) is 64.8 Å². The number of carbonyl (C=O) groups is 2. The third-order valence-corrected chi connectivity index (χ3v) is 5.14. The van der Waals surface area contributed by atoms with Gasteiger partial charge in [0.05, 0.1) is 14.2 Å². The van der Waals surface area contributed by atoms with E-state index in [1.807, 2.05) is 35.0 Å². The topological polar surface area (TPSA) is 67.9 Å². The van der Waals surface area contributed by atoms with E-state index in [2.05, 4.69) is 5.32 Å². The first-order valence-electron chi connectivity index (χ1n) is 8.15. The molecule has 2 amide bonds. The fraction of sp³-hybridized carbons (Fsp3) is 0.211. The van der Waals surface area contributed by atoms with Crippen molar-refractivity contribution in [3.05, 3.63) is 51.7 Å². The van der Waals surface area contributed by atoms with Crippen LogP contribution >= 0.6 is 23.6 Å². The molecule has 1 N–H and O–H groups in total. The van der Waals surface area contributed by atoms with E-state index in [4.69, 9.17) is 21.7 Å². The SMILES string of the molecule is COc1ccc(CCN2C(=O)C(=Cc3ccsc3)C(=O)NC2=S)cc1OC. The van der Waals surface area contributed by atoms with E-state index in [1.54, 1.807) is 20.3 Å². The molecule has 3 rings (SSSR count). The van der Waals surface area contributed by atoms with Crippen LogP contribution < -0.4 is 14.8 Å². The summed E-state index contributed by atoms with van der Waals surface area (Å²) >= 11 is 6.69. The van der Waals surface area contributed by atoms with Gasteiger partial charge in [-0.15, -0.1) is 0 Å². The van der Waals surface area contributed by atoms with Crippen molar-refractivity contribution in [3.63, 3.8) is 0 Å². The lowest BCUT2D eigenvalue weighted by molar-refractivity contribution is -0.128. The molecule has 0 radical (unpaired) electrons. The van der Waals surface area contributed by atoms with Crippen LogP contribution in [-0.2, 0) is 16.0 Å². The molecule has 0 saturated carbocycles. The molecule has 1 aliphatic rings. The second-order valence-corrected chi connectivity index (χ2v) is 6.94. The summed E-state index contributed by atoms with van der Waals surface area (Å²) in [5, 5.41) is 6.46. The maximum Gasteiger partial charge on any atom is 0.265 e. The molecule has 1 aromatic carbocycles. The number of rotatable bonds is 6. The first-order valence-corrected chi connectivity index (χ1v) is 9.50. The normalized spacial score (nSPS) is 15.9. The van der Waals surface area contributed by atoms with Crippen molar-refractivity contribution in [3.8, 4) is 11.5 Å². The van der Waals surface area contributed by atoms with Crippen LogP contribution in [0.1, 0.15) is 11.1 Å². The van der Waals surface area contributed by atoms with Crippen LogP contribution in [0, 0.1) is 0 Å². The quantitative estimate of drug-likeness (QED) is 0.457. The summed E-state index contributed by atoms with van der Waals surface area (Å²) in [6.45, 7) is 0.342. The van der Waals surface area contributed by atoms with E-state index in [0.29, 0.717) is 24.5 Å². The molecule has 1 aliphatic heterocycles. The predicted molar refractivity (Wildman–Crippen MR) is 108 cm³/mol. The molecular weight excluding hydrogens is 384 g/mol. The summed E-state index contributed by atoms with van der Waals surface area (Å²) in [6.07, 6.45) is 2.13. The number of hydrogen-bond donors (Lipinski definition) is 1. The Balaban J connectivity index is 1.77. The minimum absolute atomic E-state index is 0.0781. The number of amides is 2. The van der Waals surface area contributed by atoms with Crippen LogP contribution in [0.5, 0.6) is 11.5 Å². The van der Waals surface area contributed by atoms with Gasteiger partial charge in [-0.2, -0.15) is 11.3 Å². The molecule has 1 fully saturated rings. The molecule has 0 bridgehead atoms. The summed E-state index contributed by atoms with van der Waals surface area (Å²) in [6, 6.07) is 7.42. The maximum atomic E-state index is 12.8. The molecule has 0 aliphatic carbocycles. The monoisotopic (exact) mass is 402 g/mol. The molecule has 0 unspecified atom stereocenters. The molecule has 27 heavy (non-hydrogen) atoms. The Morgan fingerprint density at radius 3 is 2.63 bits per heavy atom. The zero-order valence-corrected chi connectivity index (χ0v) is 16.5. The molecule has 0 atom stereocenters. The number of carbonyl (C=O) groups excluding carboxylic acids is 2. The average molecular weight is 402 g/mol. The Bertz CT molecular complexity index is 906. The molecule has 6 nitrogen and oxygen atoms in total. The van der Waals surface area contributed by atoms with Gasteiger partial charge in [-0.3, -0.25) is 19.8 Å². The standard InChI is InChI=1S/C19H18N2O4S2/c1-24-15-4-3-12(10-16(15)25-2)5-7-21-18(23)14(17(22)20-19(21)26)9-13-6-8-27-11-13/h3-4,6,8-11H,5,7H2,1-2H3,(H,20,22,26). The number of ether oxygens (including phenoxy) is 2. The van der Waals surface area contributed by atoms with E-state index < -0.39 is 11.8 Å². The Hall–Kier alpha value is -2.71. The largest absolute Gasteiger partial charge is 0.493 e. The molecule has 2 aromatic rings. The lowest BCUT2D eigenvalue weighted by Gasteiger charge is -2.29. The molecule has 0 spiro atoms. The van der Waals surface area contributed by atoms with Crippen molar-refractivity contribution in [1.29, 1.82) is 0 Å². The Morgan fingerprint density at radius 1 is 1.19 bits per heavy atom. The number of benzene rings is 1. The highest BCUT2D eigenvalue weighted by molar-refractivity contribution is 7.80. The summed E-state index contributed by atoms with van der Waals surface area (Å²) in [7, 11) is 3.15. The second kappa shape index (κ2) is 8.32. The predicted octanol–water partition coefficient (Wildman–Crippen LogP) is 2.63. The van der Waals surface area contributed by atoms with Crippen LogP contribution in [0.25, 0.3) is 6.08 Å². The van der Waals surface area contributed by atoms with Crippen molar-refractivity contribution < 1.29 is 19.1 Å². The lowest BCUT2D eigenvalue weighted by atomic mass is 10.1. The third-order valence-electron chi connectivity index (χ3n) is 4.11. The minimum Gasteiger partial charge on any atom is -0.493 e. The van der Waals surface area contributed by atoms with Gasteiger partial charge in [0.25, 0.3) is 11.8 Å². The zero-order chi connectivity index (χ0) is 19.4.